The number of amides is 1. The molecule has 28 heavy (non-hydrogen) atoms. The zero-order chi connectivity index (χ0) is 20.0. The maximum atomic E-state index is 13.1. The minimum Gasteiger partial charge on any atom is -0.325 e. The third kappa shape index (κ3) is 5.06. The van der Waals surface area contributed by atoms with Crippen LogP contribution in [-0.2, 0) is 21.4 Å². The first kappa shape index (κ1) is 19.8. The van der Waals surface area contributed by atoms with E-state index in [-0.39, 0.29) is 18.0 Å². The van der Waals surface area contributed by atoms with Crippen LogP contribution in [-0.4, -0.2) is 25.2 Å². The number of carbonyl (C=O) groups excluding carboxylic acids is 1. The second-order valence-corrected chi connectivity index (χ2v) is 8.42. The van der Waals surface area contributed by atoms with Crippen molar-refractivity contribution in [3.05, 3.63) is 96.1 Å². The van der Waals surface area contributed by atoms with Crippen molar-refractivity contribution in [1.29, 1.82) is 0 Å². The number of para-hydroxylation sites is 1. The van der Waals surface area contributed by atoms with Crippen molar-refractivity contribution in [2.24, 2.45) is 0 Å². The minimum atomic E-state index is -3.82. The summed E-state index contributed by atoms with van der Waals surface area (Å²) < 4.78 is 27.5. The molecule has 0 aromatic heterocycles. The molecule has 0 aliphatic heterocycles. The number of nitrogens with one attached hydrogen (secondary N) is 1. The number of aryl methyl sites for hydroxylation is 1. The molecule has 0 radical (unpaired) electrons. The molecule has 0 aliphatic carbocycles. The molecule has 0 aliphatic rings. The third-order valence-corrected chi connectivity index (χ3v) is 6.04. The molecule has 5 nitrogen and oxygen atoms in total. The van der Waals surface area contributed by atoms with Crippen molar-refractivity contribution in [3.8, 4) is 0 Å². The molecule has 3 aromatic carbocycles. The normalized spacial score (nSPS) is 11.4. The summed E-state index contributed by atoms with van der Waals surface area (Å²) in [5.74, 6) is -0.391. The standard InChI is InChI=1S/C22H22N2O3S/c1-18-12-14-19(15-13-18)16-24(28(26,27)21-10-6-3-7-11-21)17-22(25)23-20-8-4-2-5-9-20/h2-15H,16-17H2,1H3,(H,23,25). The van der Waals surface area contributed by atoms with Crippen LogP contribution in [0.15, 0.2) is 89.8 Å². The molecule has 0 atom stereocenters. The van der Waals surface area contributed by atoms with Crippen molar-refractivity contribution in [1.82, 2.24) is 4.31 Å². The summed E-state index contributed by atoms with van der Waals surface area (Å²) in [4.78, 5) is 12.7. The largest absolute Gasteiger partial charge is 0.325 e. The minimum absolute atomic E-state index is 0.111. The van der Waals surface area contributed by atoms with Crippen LogP contribution in [0.5, 0.6) is 0 Å². The van der Waals surface area contributed by atoms with Crippen LogP contribution in [0, 0.1) is 6.92 Å². The number of rotatable bonds is 7. The summed E-state index contributed by atoms with van der Waals surface area (Å²) in [5, 5.41) is 2.75. The van der Waals surface area contributed by atoms with Gasteiger partial charge in [-0.2, -0.15) is 4.31 Å². The summed E-state index contributed by atoms with van der Waals surface area (Å²) in [5.41, 5.74) is 2.53. The Morgan fingerprint density at radius 3 is 2.04 bits per heavy atom. The van der Waals surface area contributed by atoms with Gasteiger partial charge in [0.1, 0.15) is 0 Å². The summed E-state index contributed by atoms with van der Waals surface area (Å²) in [7, 11) is -3.82. The van der Waals surface area contributed by atoms with Gasteiger partial charge in [0.25, 0.3) is 0 Å². The highest BCUT2D eigenvalue weighted by Gasteiger charge is 2.26. The summed E-state index contributed by atoms with van der Waals surface area (Å²) in [6, 6.07) is 24.7. The van der Waals surface area contributed by atoms with Crippen LogP contribution in [0.3, 0.4) is 0 Å². The number of nitrogens with zero attached hydrogens (tertiary/aromatic N) is 1. The molecule has 0 bridgehead atoms. The predicted molar refractivity (Wildman–Crippen MR) is 110 cm³/mol. The fourth-order valence-electron chi connectivity index (χ4n) is 2.75. The fraction of sp³-hybridized carbons (Fsp3) is 0.136. The highest BCUT2D eigenvalue weighted by atomic mass is 32.2. The monoisotopic (exact) mass is 394 g/mol. The third-order valence-electron chi connectivity index (χ3n) is 4.24. The van der Waals surface area contributed by atoms with E-state index in [4.69, 9.17) is 0 Å². The molecule has 0 heterocycles. The van der Waals surface area contributed by atoms with Crippen molar-refractivity contribution >= 4 is 21.6 Å². The van der Waals surface area contributed by atoms with Gasteiger partial charge in [0.2, 0.25) is 15.9 Å². The van der Waals surface area contributed by atoms with E-state index in [1.54, 1.807) is 42.5 Å². The van der Waals surface area contributed by atoms with Crippen LogP contribution in [0.2, 0.25) is 0 Å². The van der Waals surface area contributed by atoms with Gasteiger partial charge in [-0.25, -0.2) is 8.42 Å². The number of benzene rings is 3. The zero-order valence-electron chi connectivity index (χ0n) is 15.6. The van der Waals surface area contributed by atoms with E-state index in [0.717, 1.165) is 11.1 Å². The average Bonchev–Trinajstić information content (AvgIpc) is 2.70. The van der Waals surface area contributed by atoms with Gasteiger partial charge in [-0.05, 0) is 36.8 Å². The van der Waals surface area contributed by atoms with E-state index >= 15 is 0 Å². The Morgan fingerprint density at radius 2 is 1.43 bits per heavy atom. The molecule has 6 heteroatoms. The molecule has 3 rings (SSSR count). The summed E-state index contributed by atoms with van der Waals surface area (Å²) in [6.07, 6.45) is 0. The van der Waals surface area contributed by atoms with Gasteiger partial charge >= 0.3 is 0 Å². The SMILES string of the molecule is Cc1ccc(CN(CC(=O)Nc2ccccc2)S(=O)(=O)c2ccccc2)cc1. The molecular weight excluding hydrogens is 372 g/mol. The molecule has 144 valence electrons. The molecule has 0 saturated heterocycles. The molecule has 0 fully saturated rings. The molecule has 0 unspecified atom stereocenters. The molecule has 0 spiro atoms. The Kier molecular flexibility index (Phi) is 6.23. The lowest BCUT2D eigenvalue weighted by Crippen LogP contribution is -2.37. The Bertz CT molecular complexity index is 1020. The first-order valence-corrected chi connectivity index (χ1v) is 10.3. The van der Waals surface area contributed by atoms with Crippen LogP contribution in [0.25, 0.3) is 0 Å². The van der Waals surface area contributed by atoms with Crippen molar-refractivity contribution in [2.75, 3.05) is 11.9 Å². The zero-order valence-corrected chi connectivity index (χ0v) is 16.4. The average molecular weight is 394 g/mol. The van der Waals surface area contributed by atoms with Gasteiger partial charge in [0, 0.05) is 12.2 Å². The Morgan fingerprint density at radius 1 is 0.857 bits per heavy atom. The number of anilines is 1. The van der Waals surface area contributed by atoms with Gasteiger partial charge < -0.3 is 5.32 Å². The van der Waals surface area contributed by atoms with Crippen molar-refractivity contribution in [2.45, 2.75) is 18.4 Å². The van der Waals surface area contributed by atoms with E-state index in [1.807, 2.05) is 37.3 Å². The highest BCUT2D eigenvalue weighted by Crippen LogP contribution is 2.19. The van der Waals surface area contributed by atoms with E-state index in [1.165, 1.54) is 16.4 Å². The molecule has 0 saturated carbocycles. The Hall–Kier alpha value is -2.96. The lowest BCUT2D eigenvalue weighted by molar-refractivity contribution is -0.116. The molecule has 3 aromatic rings. The maximum Gasteiger partial charge on any atom is 0.243 e. The van der Waals surface area contributed by atoms with Gasteiger partial charge in [-0.15, -0.1) is 0 Å². The first-order chi connectivity index (χ1) is 13.4. The number of hydrogen-bond donors (Lipinski definition) is 1. The van der Waals surface area contributed by atoms with Gasteiger partial charge in [0.15, 0.2) is 0 Å². The van der Waals surface area contributed by atoms with E-state index in [9.17, 15) is 13.2 Å². The highest BCUT2D eigenvalue weighted by molar-refractivity contribution is 7.89. The van der Waals surface area contributed by atoms with Crippen molar-refractivity contribution < 1.29 is 13.2 Å². The van der Waals surface area contributed by atoms with Crippen LogP contribution in [0.4, 0.5) is 5.69 Å². The number of carbonyl (C=O) groups is 1. The van der Waals surface area contributed by atoms with E-state index in [0.29, 0.717) is 5.69 Å². The quantitative estimate of drug-likeness (QED) is 0.662. The van der Waals surface area contributed by atoms with Crippen molar-refractivity contribution in [3.63, 3.8) is 0 Å². The molecule has 1 amide bonds. The first-order valence-electron chi connectivity index (χ1n) is 8.91. The number of sulfonamides is 1. The second-order valence-electron chi connectivity index (χ2n) is 6.49. The van der Waals surface area contributed by atoms with Gasteiger partial charge in [0.05, 0.1) is 11.4 Å². The summed E-state index contributed by atoms with van der Waals surface area (Å²) >= 11 is 0. The lowest BCUT2D eigenvalue weighted by Gasteiger charge is -2.22. The van der Waals surface area contributed by atoms with E-state index in [2.05, 4.69) is 5.32 Å². The molecular formula is C22H22N2O3S. The number of hydrogen-bond acceptors (Lipinski definition) is 3. The van der Waals surface area contributed by atoms with Crippen LogP contribution < -0.4 is 5.32 Å². The maximum absolute atomic E-state index is 13.1. The Balaban J connectivity index is 1.85. The Labute approximate surface area is 165 Å². The van der Waals surface area contributed by atoms with Crippen LogP contribution >= 0.6 is 0 Å². The smallest absolute Gasteiger partial charge is 0.243 e. The molecule has 1 N–H and O–H groups in total. The lowest BCUT2D eigenvalue weighted by atomic mass is 10.1. The topological polar surface area (TPSA) is 66.5 Å². The summed E-state index contributed by atoms with van der Waals surface area (Å²) in [6.45, 7) is 1.80. The fourth-order valence-corrected chi connectivity index (χ4v) is 4.15. The van der Waals surface area contributed by atoms with Gasteiger partial charge in [-0.1, -0.05) is 66.2 Å². The predicted octanol–water partition coefficient (Wildman–Crippen LogP) is 3.82. The van der Waals surface area contributed by atoms with Crippen LogP contribution in [0.1, 0.15) is 11.1 Å². The second kappa shape index (κ2) is 8.82. The van der Waals surface area contributed by atoms with E-state index < -0.39 is 15.9 Å². The van der Waals surface area contributed by atoms with Gasteiger partial charge in [-0.3, -0.25) is 4.79 Å².